The number of benzene rings is 1. The molecule has 0 aliphatic heterocycles. The van der Waals surface area contributed by atoms with E-state index >= 15 is 0 Å². The molecule has 6 heteroatoms. The number of nitrogens with zero attached hydrogens (tertiary/aromatic N) is 1. The monoisotopic (exact) mass is 445 g/mol. The molecule has 2 unspecified atom stereocenters. The van der Waals surface area contributed by atoms with Gasteiger partial charge in [0, 0.05) is 42.5 Å². The third-order valence-electron chi connectivity index (χ3n) is 5.40. The van der Waals surface area contributed by atoms with Crippen molar-refractivity contribution in [2.24, 2.45) is 0 Å². The number of aromatic nitrogens is 1. The van der Waals surface area contributed by atoms with Gasteiger partial charge in [0.2, 0.25) is 0 Å². The normalized spacial score (nSPS) is 14.0. The third-order valence-corrected chi connectivity index (χ3v) is 5.40. The molecule has 1 aromatic carbocycles. The fourth-order valence-corrected chi connectivity index (χ4v) is 3.94. The van der Waals surface area contributed by atoms with Crippen molar-refractivity contribution < 1.29 is 24.4 Å². The lowest BCUT2D eigenvalue weighted by molar-refractivity contribution is 0.0827. The van der Waals surface area contributed by atoms with E-state index in [-0.39, 0.29) is 37.1 Å². The van der Waals surface area contributed by atoms with Gasteiger partial charge in [0.15, 0.2) is 0 Å². The van der Waals surface area contributed by atoms with Crippen molar-refractivity contribution in [1.29, 1.82) is 0 Å². The summed E-state index contributed by atoms with van der Waals surface area (Å²) >= 11 is 0. The van der Waals surface area contributed by atoms with Gasteiger partial charge in [0.25, 0.3) is 0 Å². The van der Waals surface area contributed by atoms with Crippen molar-refractivity contribution in [2.75, 3.05) is 13.7 Å². The molecule has 5 nitrogen and oxygen atoms in total. The maximum Gasteiger partial charge on any atom is 0.123 e. The van der Waals surface area contributed by atoms with Crippen LogP contribution in [-0.4, -0.2) is 46.2 Å². The molecule has 2 aromatic rings. The molecule has 176 valence electrons. The number of aliphatic hydroxyl groups excluding tert-OH is 3. The summed E-state index contributed by atoms with van der Waals surface area (Å²) in [6.07, 6.45) is 2.15. The van der Waals surface area contributed by atoms with Gasteiger partial charge in [-0.15, -0.1) is 0 Å². The van der Waals surface area contributed by atoms with Crippen molar-refractivity contribution in [1.82, 2.24) is 4.98 Å². The van der Waals surface area contributed by atoms with Crippen LogP contribution in [0.25, 0.3) is 17.3 Å². The van der Waals surface area contributed by atoms with E-state index in [1.165, 1.54) is 12.1 Å². The Morgan fingerprint density at radius 2 is 1.72 bits per heavy atom. The second kappa shape index (κ2) is 12.2. The molecule has 1 heterocycles. The number of methoxy groups -OCH3 is 1. The quantitative estimate of drug-likeness (QED) is 0.463. The Balaban J connectivity index is 2.70. The van der Waals surface area contributed by atoms with Crippen LogP contribution in [0.4, 0.5) is 4.39 Å². The average molecular weight is 446 g/mol. The molecule has 3 N–H and O–H groups in total. The molecule has 0 aliphatic carbocycles. The van der Waals surface area contributed by atoms with Gasteiger partial charge in [-0.3, -0.25) is 4.98 Å². The summed E-state index contributed by atoms with van der Waals surface area (Å²) in [7, 11) is 1.66. The van der Waals surface area contributed by atoms with Crippen molar-refractivity contribution in [2.45, 2.75) is 71.2 Å². The molecule has 0 saturated heterocycles. The van der Waals surface area contributed by atoms with Gasteiger partial charge in [-0.25, -0.2) is 4.39 Å². The third kappa shape index (κ3) is 6.69. The second-order valence-electron chi connectivity index (χ2n) is 8.73. The summed E-state index contributed by atoms with van der Waals surface area (Å²) in [5.74, 6) is -0.00554. The standard InChI is InChI=1S/C26H36FNO4/c1-16(2)24-22(11-10-20(30)14-21(31)12-13-29)26(18-6-8-19(27)9-7-18)28-25(17(3)4)23(24)15-32-5/h6-11,16-17,20-21,29-31H,12-15H2,1-5H3/b11-10+. The van der Waals surface area contributed by atoms with Gasteiger partial charge in [-0.1, -0.05) is 39.8 Å². The summed E-state index contributed by atoms with van der Waals surface area (Å²) in [5, 5.41) is 29.3. The highest BCUT2D eigenvalue weighted by molar-refractivity contribution is 5.76. The molecule has 1 aromatic heterocycles. The van der Waals surface area contributed by atoms with E-state index in [9.17, 15) is 14.6 Å². The Morgan fingerprint density at radius 1 is 1.06 bits per heavy atom. The van der Waals surface area contributed by atoms with Gasteiger partial charge in [-0.2, -0.15) is 0 Å². The van der Waals surface area contributed by atoms with Gasteiger partial charge in [0.05, 0.1) is 24.5 Å². The smallest absolute Gasteiger partial charge is 0.123 e. The number of halogens is 1. The number of hydrogen-bond acceptors (Lipinski definition) is 5. The van der Waals surface area contributed by atoms with Crippen LogP contribution < -0.4 is 0 Å². The molecular weight excluding hydrogens is 409 g/mol. The Kier molecular flexibility index (Phi) is 9.97. The van der Waals surface area contributed by atoms with Crippen LogP contribution in [0.1, 0.15) is 74.8 Å². The summed E-state index contributed by atoms with van der Waals surface area (Å²) in [5.41, 5.74) is 5.39. The molecule has 0 aliphatic rings. The van der Waals surface area contributed by atoms with Crippen molar-refractivity contribution in [3.05, 3.63) is 58.5 Å². The molecule has 0 bridgehead atoms. The first kappa shape index (κ1) is 26.1. The zero-order valence-electron chi connectivity index (χ0n) is 19.7. The van der Waals surface area contributed by atoms with E-state index in [4.69, 9.17) is 14.8 Å². The minimum absolute atomic E-state index is 0.127. The van der Waals surface area contributed by atoms with Gasteiger partial charge < -0.3 is 20.1 Å². The Hall–Kier alpha value is -2.12. The van der Waals surface area contributed by atoms with E-state index in [0.29, 0.717) is 6.61 Å². The molecule has 0 fully saturated rings. The van der Waals surface area contributed by atoms with Crippen LogP contribution >= 0.6 is 0 Å². The molecule has 2 atom stereocenters. The van der Waals surface area contributed by atoms with Crippen molar-refractivity contribution in [3.63, 3.8) is 0 Å². The number of ether oxygens (including phenoxy) is 1. The number of rotatable bonds is 11. The van der Waals surface area contributed by atoms with E-state index in [1.54, 1.807) is 25.3 Å². The number of pyridine rings is 1. The first-order chi connectivity index (χ1) is 15.2. The van der Waals surface area contributed by atoms with Gasteiger partial charge in [0.1, 0.15) is 5.82 Å². The van der Waals surface area contributed by atoms with Gasteiger partial charge in [-0.05, 0) is 48.1 Å². The maximum atomic E-state index is 13.6. The minimum Gasteiger partial charge on any atom is -0.396 e. The average Bonchev–Trinajstić information content (AvgIpc) is 2.72. The van der Waals surface area contributed by atoms with Crippen LogP contribution in [-0.2, 0) is 11.3 Å². The zero-order valence-corrected chi connectivity index (χ0v) is 19.7. The highest BCUT2D eigenvalue weighted by Gasteiger charge is 2.23. The predicted molar refractivity (Wildman–Crippen MR) is 126 cm³/mol. The maximum absolute atomic E-state index is 13.6. The first-order valence-electron chi connectivity index (χ1n) is 11.2. The zero-order chi connectivity index (χ0) is 23.8. The summed E-state index contributed by atoms with van der Waals surface area (Å²) in [6, 6.07) is 6.25. The summed E-state index contributed by atoms with van der Waals surface area (Å²) < 4.78 is 19.1. The van der Waals surface area contributed by atoms with E-state index in [1.807, 2.05) is 6.08 Å². The molecule has 0 radical (unpaired) electrons. The van der Waals surface area contributed by atoms with Crippen LogP contribution in [0.5, 0.6) is 0 Å². The largest absolute Gasteiger partial charge is 0.396 e. The molecule has 0 spiro atoms. The molecule has 0 saturated carbocycles. The number of hydrogen-bond donors (Lipinski definition) is 3. The van der Waals surface area contributed by atoms with Crippen LogP contribution in [0.15, 0.2) is 30.3 Å². The number of aliphatic hydroxyl groups is 3. The van der Waals surface area contributed by atoms with Gasteiger partial charge >= 0.3 is 0 Å². The summed E-state index contributed by atoms with van der Waals surface area (Å²) in [4.78, 5) is 4.98. The van der Waals surface area contributed by atoms with E-state index in [0.717, 1.165) is 33.6 Å². The SMILES string of the molecule is COCc1c(C(C)C)nc(-c2ccc(F)cc2)c(/C=C/C(O)CC(O)CCO)c1C(C)C. The molecular formula is C26H36FNO4. The highest BCUT2D eigenvalue weighted by Crippen LogP contribution is 2.37. The first-order valence-corrected chi connectivity index (χ1v) is 11.2. The van der Waals surface area contributed by atoms with Crippen molar-refractivity contribution >= 4 is 6.08 Å². The lowest BCUT2D eigenvalue weighted by Crippen LogP contribution is -2.17. The lowest BCUT2D eigenvalue weighted by atomic mass is 9.86. The van der Waals surface area contributed by atoms with Crippen LogP contribution in [0.3, 0.4) is 0 Å². The highest BCUT2D eigenvalue weighted by atomic mass is 19.1. The topological polar surface area (TPSA) is 82.8 Å². The van der Waals surface area contributed by atoms with E-state index in [2.05, 4.69) is 27.7 Å². The molecule has 2 rings (SSSR count). The Labute approximate surface area is 190 Å². The van der Waals surface area contributed by atoms with Crippen molar-refractivity contribution in [3.8, 4) is 11.3 Å². The fraction of sp³-hybridized carbons (Fsp3) is 0.500. The Morgan fingerprint density at radius 3 is 2.25 bits per heavy atom. The van der Waals surface area contributed by atoms with Crippen LogP contribution in [0, 0.1) is 5.82 Å². The lowest BCUT2D eigenvalue weighted by Gasteiger charge is -2.24. The molecule has 32 heavy (non-hydrogen) atoms. The van der Waals surface area contributed by atoms with E-state index < -0.39 is 12.2 Å². The minimum atomic E-state index is -0.881. The fourth-order valence-electron chi connectivity index (χ4n) is 3.94. The van der Waals surface area contributed by atoms with Crippen LogP contribution in [0.2, 0.25) is 0 Å². The Bertz CT molecular complexity index is 894. The predicted octanol–water partition coefficient (Wildman–Crippen LogP) is 4.79. The summed E-state index contributed by atoms with van der Waals surface area (Å²) in [6.45, 7) is 8.66. The molecule has 0 amide bonds. The second-order valence-corrected chi connectivity index (χ2v) is 8.73.